The van der Waals surface area contributed by atoms with Crippen LogP contribution in [0.25, 0.3) is 0 Å². The van der Waals surface area contributed by atoms with E-state index in [1.54, 1.807) is 0 Å². The summed E-state index contributed by atoms with van der Waals surface area (Å²) in [6, 6.07) is 5.56. The van der Waals surface area contributed by atoms with Gasteiger partial charge in [-0.05, 0) is 44.0 Å². The van der Waals surface area contributed by atoms with Gasteiger partial charge in [0.2, 0.25) is 5.91 Å². The highest BCUT2D eigenvalue weighted by molar-refractivity contribution is 5.97. The number of benzene rings is 1. The van der Waals surface area contributed by atoms with Gasteiger partial charge in [0, 0.05) is 18.5 Å². The smallest absolute Gasteiger partial charge is 0.265 e. The number of rotatable bonds is 4. The third-order valence-electron chi connectivity index (χ3n) is 5.72. The van der Waals surface area contributed by atoms with E-state index in [1.165, 1.54) is 0 Å². The fraction of sp³-hybridized carbons (Fsp3) is 0.579. The Bertz CT molecular complexity index is 740. The van der Waals surface area contributed by atoms with Gasteiger partial charge in [-0.25, -0.2) is 5.43 Å². The first kappa shape index (κ1) is 18.2. The number of piperidine rings is 1. The van der Waals surface area contributed by atoms with Crippen molar-refractivity contribution in [1.29, 1.82) is 0 Å². The van der Waals surface area contributed by atoms with Crippen LogP contribution >= 0.6 is 0 Å². The largest absolute Gasteiger partial charge is 0.478 e. The maximum Gasteiger partial charge on any atom is 0.265 e. The zero-order valence-corrected chi connectivity index (χ0v) is 15.7. The van der Waals surface area contributed by atoms with E-state index in [0.717, 1.165) is 25.1 Å². The summed E-state index contributed by atoms with van der Waals surface area (Å²) in [6.45, 7) is 5.68. The van der Waals surface area contributed by atoms with Crippen molar-refractivity contribution >= 4 is 17.5 Å². The summed E-state index contributed by atoms with van der Waals surface area (Å²) in [4.78, 5) is 24.7. The number of hydrogen-bond donors (Lipinski definition) is 5. The Morgan fingerprint density at radius 2 is 2.22 bits per heavy atom. The van der Waals surface area contributed by atoms with Crippen molar-refractivity contribution in [2.75, 3.05) is 18.4 Å². The topological polar surface area (TPSA) is 104 Å². The van der Waals surface area contributed by atoms with Gasteiger partial charge in [0.1, 0.15) is 11.8 Å². The third kappa shape index (κ3) is 3.52. The molecule has 0 spiro atoms. The van der Waals surface area contributed by atoms with Crippen LogP contribution in [0.4, 0.5) is 5.69 Å². The molecule has 2 fully saturated rings. The van der Waals surface area contributed by atoms with Crippen LogP contribution in [0.2, 0.25) is 0 Å². The molecule has 0 saturated carbocycles. The third-order valence-corrected chi connectivity index (χ3v) is 5.72. The Kier molecular flexibility index (Phi) is 5.03. The van der Waals surface area contributed by atoms with Gasteiger partial charge in [-0.2, -0.15) is 0 Å². The summed E-state index contributed by atoms with van der Waals surface area (Å²) in [6.07, 6.45) is 1.16. The van der Waals surface area contributed by atoms with Crippen molar-refractivity contribution in [3.63, 3.8) is 0 Å². The van der Waals surface area contributed by atoms with E-state index in [4.69, 9.17) is 4.74 Å². The molecule has 0 aromatic heterocycles. The SMILES string of the molecule is CCC1Oc2cc(C(C)NC(=O)C3NNC4CCNCC43)ccc2NC1=O. The highest BCUT2D eigenvalue weighted by atomic mass is 16.5. The molecule has 27 heavy (non-hydrogen) atoms. The van der Waals surface area contributed by atoms with Crippen molar-refractivity contribution in [3.05, 3.63) is 23.8 Å². The van der Waals surface area contributed by atoms with Crippen molar-refractivity contribution in [2.24, 2.45) is 5.92 Å². The average molecular weight is 373 g/mol. The van der Waals surface area contributed by atoms with Crippen LogP contribution < -0.4 is 31.5 Å². The van der Waals surface area contributed by atoms with Gasteiger partial charge < -0.3 is 20.7 Å². The lowest BCUT2D eigenvalue weighted by Gasteiger charge is -2.28. The molecule has 3 aliphatic rings. The predicted molar refractivity (Wildman–Crippen MR) is 101 cm³/mol. The molecule has 8 heteroatoms. The molecule has 4 rings (SSSR count). The van der Waals surface area contributed by atoms with Crippen LogP contribution in [0.5, 0.6) is 5.75 Å². The lowest BCUT2D eigenvalue weighted by atomic mass is 9.89. The molecule has 1 aromatic rings. The van der Waals surface area contributed by atoms with Crippen molar-refractivity contribution in [2.45, 2.75) is 50.9 Å². The molecule has 0 aliphatic carbocycles. The Balaban J connectivity index is 1.43. The highest BCUT2D eigenvalue weighted by Gasteiger charge is 2.41. The van der Waals surface area contributed by atoms with Gasteiger partial charge in [0.15, 0.2) is 6.10 Å². The lowest BCUT2D eigenvalue weighted by Crippen LogP contribution is -2.49. The van der Waals surface area contributed by atoms with E-state index in [1.807, 2.05) is 32.0 Å². The average Bonchev–Trinajstić information content (AvgIpc) is 3.11. The van der Waals surface area contributed by atoms with Gasteiger partial charge in [-0.3, -0.25) is 15.0 Å². The van der Waals surface area contributed by atoms with E-state index >= 15 is 0 Å². The number of hydrogen-bond acceptors (Lipinski definition) is 6. The number of carbonyl (C=O) groups excluding carboxylic acids is 2. The normalized spacial score (nSPS) is 30.5. The molecule has 0 bridgehead atoms. The maximum atomic E-state index is 12.8. The number of fused-ring (bicyclic) bond motifs is 2. The molecular formula is C19H27N5O3. The molecule has 0 radical (unpaired) electrons. The summed E-state index contributed by atoms with van der Waals surface area (Å²) in [7, 11) is 0. The molecule has 2 saturated heterocycles. The fourth-order valence-electron chi connectivity index (χ4n) is 4.06. The first-order valence-electron chi connectivity index (χ1n) is 9.70. The quantitative estimate of drug-likeness (QED) is 0.524. The van der Waals surface area contributed by atoms with Gasteiger partial charge >= 0.3 is 0 Å². The standard InChI is InChI=1S/C19H27N5O3/c1-3-15-18(25)22-14-5-4-11(8-16(14)27-15)10(2)21-19(26)17-12-9-20-7-6-13(12)23-24-17/h4-5,8,10,12-13,15,17,20,23-24H,3,6-7,9H2,1-2H3,(H,21,26)(H,22,25). The first-order valence-corrected chi connectivity index (χ1v) is 9.70. The van der Waals surface area contributed by atoms with Crippen LogP contribution in [0.3, 0.4) is 0 Å². The second kappa shape index (κ2) is 7.46. The van der Waals surface area contributed by atoms with E-state index in [-0.39, 0.29) is 29.8 Å². The Labute approximate surface area is 158 Å². The molecule has 3 aliphatic heterocycles. The number of carbonyl (C=O) groups is 2. The van der Waals surface area contributed by atoms with Gasteiger partial charge in [-0.1, -0.05) is 13.0 Å². The predicted octanol–water partition coefficient (Wildman–Crippen LogP) is 0.428. The van der Waals surface area contributed by atoms with Crippen LogP contribution in [0, 0.1) is 5.92 Å². The van der Waals surface area contributed by atoms with Gasteiger partial charge in [0.25, 0.3) is 5.91 Å². The minimum Gasteiger partial charge on any atom is -0.478 e. The highest BCUT2D eigenvalue weighted by Crippen LogP contribution is 2.33. The molecule has 1 aromatic carbocycles. The number of anilines is 1. The van der Waals surface area contributed by atoms with E-state index in [9.17, 15) is 9.59 Å². The van der Waals surface area contributed by atoms with E-state index in [0.29, 0.717) is 23.9 Å². The molecular weight excluding hydrogens is 346 g/mol. The van der Waals surface area contributed by atoms with Crippen LogP contribution in [0.15, 0.2) is 18.2 Å². The molecule has 5 atom stereocenters. The first-order chi connectivity index (χ1) is 13.1. The summed E-state index contributed by atoms with van der Waals surface area (Å²) >= 11 is 0. The second-order valence-corrected chi connectivity index (χ2v) is 7.52. The number of nitrogens with one attached hydrogen (secondary N) is 5. The van der Waals surface area contributed by atoms with Gasteiger partial charge in [-0.15, -0.1) is 0 Å². The lowest BCUT2D eigenvalue weighted by molar-refractivity contribution is -0.124. The molecule has 146 valence electrons. The summed E-state index contributed by atoms with van der Waals surface area (Å²) in [5.74, 6) is 0.773. The van der Waals surface area contributed by atoms with E-state index in [2.05, 4.69) is 26.8 Å². The Hall–Kier alpha value is -2.16. The molecule has 8 nitrogen and oxygen atoms in total. The van der Waals surface area contributed by atoms with E-state index < -0.39 is 6.10 Å². The van der Waals surface area contributed by atoms with Crippen LogP contribution in [-0.2, 0) is 9.59 Å². The molecule has 2 amide bonds. The second-order valence-electron chi connectivity index (χ2n) is 7.52. The molecule has 3 heterocycles. The molecule has 5 N–H and O–H groups in total. The summed E-state index contributed by atoms with van der Waals surface area (Å²) in [5, 5.41) is 9.33. The molecule has 5 unspecified atom stereocenters. The minimum atomic E-state index is -0.470. The van der Waals surface area contributed by atoms with Crippen molar-refractivity contribution in [3.8, 4) is 5.75 Å². The zero-order valence-electron chi connectivity index (χ0n) is 15.7. The van der Waals surface area contributed by atoms with Crippen molar-refractivity contribution < 1.29 is 14.3 Å². The monoisotopic (exact) mass is 373 g/mol. The Morgan fingerprint density at radius 1 is 1.37 bits per heavy atom. The minimum absolute atomic E-state index is 0.00965. The summed E-state index contributed by atoms with van der Waals surface area (Å²) in [5.41, 5.74) is 8.01. The Morgan fingerprint density at radius 3 is 3.04 bits per heavy atom. The number of hydrazine groups is 1. The van der Waals surface area contributed by atoms with Crippen LogP contribution in [0.1, 0.15) is 38.3 Å². The fourth-order valence-corrected chi connectivity index (χ4v) is 4.06. The summed E-state index contributed by atoms with van der Waals surface area (Å²) < 4.78 is 5.80. The van der Waals surface area contributed by atoms with Crippen LogP contribution in [-0.4, -0.2) is 43.1 Å². The maximum absolute atomic E-state index is 12.8. The number of amides is 2. The number of ether oxygens (including phenoxy) is 1. The van der Waals surface area contributed by atoms with Crippen molar-refractivity contribution in [1.82, 2.24) is 21.5 Å². The van der Waals surface area contributed by atoms with Gasteiger partial charge in [0.05, 0.1) is 11.7 Å². The zero-order chi connectivity index (χ0) is 19.0.